The van der Waals surface area contributed by atoms with Gasteiger partial charge in [0.15, 0.2) is 0 Å². The van der Waals surface area contributed by atoms with Crippen molar-refractivity contribution in [2.75, 3.05) is 6.54 Å². The van der Waals surface area contributed by atoms with Crippen LogP contribution in [0.25, 0.3) is 0 Å². The summed E-state index contributed by atoms with van der Waals surface area (Å²) in [6.45, 7) is 0.376. The third-order valence-electron chi connectivity index (χ3n) is 3.68. The Morgan fingerprint density at radius 1 is 1.23 bits per heavy atom. The minimum atomic E-state index is -4.32. The predicted molar refractivity (Wildman–Crippen MR) is 83.3 cm³/mol. The number of hydrogen-bond donors (Lipinski definition) is 2. The summed E-state index contributed by atoms with van der Waals surface area (Å²) in [6.07, 6.45) is 3.74. The molecule has 1 fully saturated rings. The first-order valence-corrected chi connectivity index (χ1v) is 7.54. The molecule has 2 rings (SSSR count). The summed E-state index contributed by atoms with van der Waals surface area (Å²) in [7, 11) is 0. The maximum Gasteiger partial charge on any atom is 0.446 e. The molecule has 0 unspecified atom stereocenters. The van der Waals surface area contributed by atoms with Crippen LogP contribution in [0, 0.1) is 0 Å². The molecule has 1 aliphatic rings. The zero-order valence-electron chi connectivity index (χ0n) is 11.8. The van der Waals surface area contributed by atoms with Crippen LogP contribution in [0.15, 0.2) is 29.2 Å². The number of thioether (sulfide) groups is 1. The monoisotopic (exact) mass is 354 g/mol. The third kappa shape index (κ3) is 5.07. The number of nitrogens with one attached hydrogen (secondary N) is 1. The Balaban J connectivity index is 0.00000242. The molecular weight excluding hydrogens is 337 g/mol. The number of rotatable bonds is 4. The van der Waals surface area contributed by atoms with E-state index in [1.54, 1.807) is 0 Å². The molecule has 0 bridgehead atoms. The molecule has 1 aliphatic carbocycles. The summed E-state index contributed by atoms with van der Waals surface area (Å²) in [5.41, 5.74) is 1.41. The highest BCUT2D eigenvalue weighted by atomic mass is 35.5. The highest BCUT2D eigenvalue weighted by Gasteiger charge is 2.34. The number of nitrogens with two attached hydrogens (primary N) is 1. The number of halogens is 4. The van der Waals surface area contributed by atoms with Gasteiger partial charge < -0.3 is 11.1 Å². The van der Waals surface area contributed by atoms with Crippen molar-refractivity contribution in [1.82, 2.24) is 5.32 Å². The number of alkyl halides is 3. The number of benzene rings is 1. The van der Waals surface area contributed by atoms with Gasteiger partial charge in [-0.25, -0.2) is 0 Å². The van der Waals surface area contributed by atoms with Crippen molar-refractivity contribution in [3.8, 4) is 0 Å². The highest BCUT2D eigenvalue weighted by molar-refractivity contribution is 8.00. The molecule has 8 heteroatoms. The van der Waals surface area contributed by atoms with Crippen molar-refractivity contribution in [3.05, 3.63) is 29.8 Å². The molecule has 0 spiro atoms. The molecule has 0 aliphatic heterocycles. The highest BCUT2D eigenvalue weighted by Crippen LogP contribution is 2.36. The van der Waals surface area contributed by atoms with Crippen LogP contribution >= 0.6 is 24.2 Å². The van der Waals surface area contributed by atoms with E-state index in [-0.39, 0.29) is 40.5 Å². The van der Waals surface area contributed by atoms with Gasteiger partial charge in [-0.05, 0) is 48.9 Å². The lowest BCUT2D eigenvalue weighted by Crippen LogP contribution is -2.51. The average Bonchev–Trinajstić information content (AvgIpc) is 2.87. The molecule has 0 saturated heterocycles. The van der Waals surface area contributed by atoms with E-state index in [1.807, 2.05) is 0 Å². The first kappa shape index (κ1) is 19.1. The van der Waals surface area contributed by atoms with Crippen LogP contribution in [-0.2, 0) is 0 Å². The van der Waals surface area contributed by atoms with Gasteiger partial charge in [0.05, 0.1) is 5.54 Å². The van der Waals surface area contributed by atoms with Gasteiger partial charge in [-0.1, -0.05) is 12.8 Å². The van der Waals surface area contributed by atoms with E-state index >= 15 is 0 Å². The lowest BCUT2D eigenvalue weighted by Gasteiger charge is -2.28. The Morgan fingerprint density at radius 3 is 2.23 bits per heavy atom. The van der Waals surface area contributed by atoms with Crippen LogP contribution in [0.5, 0.6) is 0 Å². The first-order valence-electron chi connectivity index (χ1n) is 6.72. The second-order valence-electron chi connectivity index (χ2n) is 5.22. The van der Waals surface area contributed by atoms with Crippen molar-refractivity contribution in [2.24, 2.45) is 5.73 Å². The smallest absolute Gasteiger partial charge is 0.345 e. The number of hydrogen-bond acceptors (Lipinski definition) is 3. The summed E-state index contributed by atoms with van der Waals surface area (Å²) in [6, 6.07) is 5.42. The van der Waals surface area contributed by atoms with Gasteiger partial charge in [0.1, 0.15) is 0 Å². The fourth-order valence-corrected chi connectivity index (χ4v) is 3.09. The van der Waals surface area contributed by atoms with Gasteiger partial charge in [0.25, 0.3) is 5.91 Å². The van der Waals surface area contributed by atoms with Crippen molar-refractivity contribution in [3.63, 3.8) is 0 Å². The van der Waals surface area contributed by atoms with E-state index in [4.69, 9.17) is 5.73 Å². The minimum Gasteiger partial charge on any atom is -0.345 e. The molecule has 1 amide bonds. The zero-order valence-corrected chi connectivity index (χ0v) is 13.4. The summed E-state index contributed by atoms with van der Waals surface area (Å²) >= 11 is -0.194. The molecule has 0 radical (unpaired) electrons. The van der Waals surface area contributed by atoms with Crippen LogP contribution in [0.1, 0.15) is 36.0 Å². The average molecular weight is 355 g/mol. The Bertz CT molecular complexity index is 502. The molecule has 1 saturated carbocycles. The van der Waals surface area contributed by atoms with Crippen LogP contribution in [-0.4, -0.2) is 23.5 Å². The Labute approximate surface area is 137 Å². The molecule has 0 heterocycles. The van der Waals surface area contributed by atoms with E-state index in [0.29, 0.717) is 12.1 Å². The van der Waals surface area contributed by atoms with Crippen LogP contribution in [0.2, 0.25) is 0 Å². The molecule has 3 nitrogen and oxygen atoms in total. The standard InChI is InChI=1S/C14H17F3N2OS.ClH/c15-14(16,17)21-11-5-3-10(4-6-11)12(20)19-13(9-18)7-1-2-8-13;/h3-6H,1-2,7-9,18H2,(H,19,20);1H. The zero-order chi connectivity index (χ0) is 15.5. The Hall–Kier alpha value is -0.920. The maximum absolute atomic E-state index is 12.2. The van der Waals surface area contributed by atoms with Gasteiger partial charge in [-0.2, -0.15) is 13.2 Å². The molecule has 0 aromatic heterocycles. The van der Waals surface area contributed by atoms with Gasteiger partial charge in [-0.3, -0.25) is 4.79 Å². The van der Waals surface area contributed by atoms with E-state index in [9.17, 15) is 18.0 Å². The summed E-state index contributed by atoms with van der Waals surface area (Å²) < 4.78 is 36.7. The normalized spacial score (nSPS) is 16.9. The largest absolute Gasteiger partial charge is 0.446 e. The van der Waals surface area contributed by atoms with Crippen molar-refractivity contribution >= 4 is 30.1 Å². The van der Waals surface area contributed by atoms with Gasteiger partial charge >= 0.3 is 5.51 Å². The molecular formula is C14H18ClF3N2OS. The predicted octanol–water partition coefficient (Wildman–Crippen LogP) is 3.72. The van der Waals surface area contributed by atoms with E-state index in [0.717, 1.165) is 25.7 Å². The fourth-order valence-electron chi connectivity index (χ4n) is 2.55. The third-order valence-corrected chi connectivity index (χ3v) is 4.42. The molecule has 1 aromatic rings. The maximum atomic E-state index is 12.2. The SMILES string of the molecule is Cl.NCC1(NC(=O)c2ccc(SC(F)(F)F)cc2)CCCC1. The minimum absolute atomic E-state index is 0. The molecule has 0 atom stereocenters. The quantitative estimate of drug-likeness (QED) is 0.810. The number of amides is 1. The summed E-state index contributed by atoms with van der Waals surface area (Å²) in [5, 5.41) is 2.93. The lowest BCUT2D eigenvalue weighted by molar-refractivity contribution is -0.0328. The van der Waals surface area contributed by atoms with Gasteiger partial charge in [0.2, 0.25) is 0 Å². The van der Waals surface area contributed by atoms with Gasteiger partial charge in [0, 0.05) is 17.0 Å². The second kappa shape index (κ2) is 7.57. The lowest BCUT2D eigenvalue weighted by atomic mass is 9.97. The Kier molecular flexibility index (Phi) is 6.58. The van der Waals surface area contributed by atoms with E-state index < -0.39 is 5.51 Å². The van der Waals surface area contributed by atoms with Crippen LogP contribution in [0.4, 0.5) is 13.2 Å². The fraction of sp³-hybridized carbons (Fsp3) is 0.500. The van der Waals surface area contributed by atoms with Crippen molar-refractivity contribution in [1.29, 1.82) is 0 Å². The van der Waals surface area contributed by atoms with Crippen molar-refractivity contribution in [2.45, 2.75) is 41.6 Å². The topological polar surface area (TPSA) is 55.1 Å². The molecule has 3 N–H and O–H groups in total. The number of carbonyl (C=O) groups excluding carboxylic acids is 1. The van der Waals surface area contributed by atoms with Gasteiger partial charge in [-0.15, -0.1) is 12.4 Å². The van der Waals surface area contributed by atoms with Crippen molar-refractivity contribution < 1.29 is 18.0 Å². The Morgan fingerprint density at radius 2 is 1.77 bits per heavy atom. The molecule has 124 valence electrons. The second-order valence-corrected chi connectivity index (χ2v) is 6.36. The summed E-state index contributed by atoms with van der Waals surface area (Å²) in [4.78, 5) is 12.2. The summed E-state index contributed by atoms with van der Waals surface area (Å²) in [5.74, 6) is -0.286. The van der Waals surface area contributed by atoms with Crippen LogP contribution in [0.3, 0.4) is 0 Å². The first-order chi connectivity index (χ1) is 9.84. The molecule has 1 aromatic carbocycles. The molecule has 22 heavy (non-hydrogen) atoms. The number of carbonyl (C=O) groups is 1. The van der Waals surface area contributed by atoms with E-state index in [2.05, 4.69) is 5.32 Å². The van der Waals surface area contributed by atoms with Crippen LogP contribution < -0.4 is 11.1 Å². The van der Waals surface area contributed by atoms with E-state index in [1.165, 1.54) is 24.3 Å².